The highest BCUT2D eigenvalue weighted by molar-refractivity contribution is 5.96. The fraction of sp³-hybridized carbons (Fsp3) is 0.500. The number of hydrogen-bond donors (Lipinski definition) is 8. The van der Waals surface area contributed by atoms with Crippen LogP contribution in [0.3, 0.4) is 0 Å². The molecule has 0 aliphatic heterocycles. The molecule has 0 aliphatic rings. The number of carbonyl (C=O) groups is 5. The normalized spacial score (nSPS) is 15.3. The molecule has 0 heterocycles. The van der Waals surface area contributed by atoms with E-state index in [0.717, 1.165) is 0 Å². The summed E-state index contributed by atoms with van der Waals surface area (Å²) in [7, 11) is 0. The minimum Gasteiger partial charge on any atom is -0.508 e. The van der Waals surface area contributed by atoms with E-state index in [1.807, 2.05) is 0 Å². The molecular formula is C22H33N5O8. The van der Waals surface area contributed by atoms with Crippen molar-refractivity contribution in [2.45, 2.75) is 63.9 Å². The zero-order valence-corrected chi connectivity index (χ0v) is 19.7. The van der Waals surface area contributed by atoms with Gasteiger partial charge in [0, 0.05) is 0 Å². The van der Waals surface area contributed by atoms with Gasteiger partial charge in [-0.2, -0.15) is 0 Å². The lowest BCUT2D eigenvalue weighted by molar-refractivity contribution is -0.144. The number of phenols is 1. The van der Waals surface area contributed by atoms with E-state index in [2.05, 4.69) is 16.0 Å². The predicted octanol–water partition coefficient (Wildman–Crippen LogP) is -2.29. The SMILES string of the molecule is CC(C)C(NC(=O)C(NC(=O)C(CC(N)=O)NC(=O)C(N)Cc1ccc(O)cc1)C(C)O)C(=O)O. The molecule has 194 valence electrons. The second kappa shape index (κ2) is 13.2. The third kappa shape index (κ3) is 9.59. The number of aliphatic carboxylic acids is 1. The zero-order valence-electron chi connectivity index (χ0n) is 19.7. The van der Waals surface area contributed by atoms with Crippen LogP contribution in [0, 0.1) is 5.92 Å². The fourth-order valence-electron chi connectivity index (χ4n) is 3.08. The highest BCUT2D eigenvalue weighted by Crippen LogP contribution is 2.11. The molecule has 1 aromatic carbocycles. The molecule has 0 spiro atoms. The van der Waals surface area contributed by atoms with Crippen LogP contribution in [0.25, 0.3) is 0 Å². The largest absolute Gasteiger partial charge is 0.508 e. The molecule has 1 rings (SSSR count). The van der Waals surface area contributed by atoms with Crippen molar-refractivity contribution in [2.75, 3.05) is 0 Å². The Morgan fingerprint density at radius 1 is 0.886 bits per heavy atom. The number of nitrogens with one attached hydrogen (secondary N) is 3. The first kappa shape index (κ1) is 29.3. The lowest BCUT2D eigenvalue weighted by Gasteiger charge is -2.27. The molecule has 0 aliphatic carbocycles. The van der Waals surface area contributed by atoms with E-state index in [0.29, 0.717) is 5.56 Å². The molecule has 5 unspecified atom stereocenters. The van der Waals surface area contributed by atoms with Crippen molar-refractivity contribution in [3.63, 3.8) is 0 Å². The van der Waals surface area contributed by atoms with Crippen LogP contribution in [-0.2, 0) is 30.4 Å². The quantitative estimate of drug-likeness (QED) is 0.147. The van der Waals surface area contributed by atoms with Crippen molar-refractivity contribution >= 4 is 29.6 Å². The Morgan fingerprint density at radius 2 is 1.43 bits per heavy atom. The summed E-state index contributed by atoms with van der Waals surface area (Å²) in [5, 5.41) is 35.4. The van der Waals surface area contributed by atoms with Gasteiger partial charge in [-0.05, 0) is 37.0 Å². The van der Waals surface area contributed by atoms with Gasteiger partial charge in [0.25, 0.3) is 0 Å². The molecular weight excluding hydrogens is 462 g/mol. The van der Waals surface area contributed by atoms with Crippen LogP contribution in [-0.4, -0.2) is 75.2 Å². The summed E-state index contributed by atoms with van der Waals surface area (Å²) in [5.74, 6) is -5.45. The summed E-state index contributed by atoms with van der Waals surface area (Å²) in [6.45, 7) is 4.33. The van der Waals surface area contributed by atoms with Crippen molar-refractivity contribution in [3.8, 4) is 5.75 Å². The number of rotatable bonds is 13. The lowest BCUT2D eigenvalue weighted by Crippen LogP contribution is -2.60. The van der Waals surface area contributed by atoms with Crippen molar-refractivity contribution in [1.82, 2.24) is 16.0 Å². The number of aromatic hydroxyl groups is 1. The maximum Gasteiger partial charge on any atom is 0.326 e. The summed E-state index contributed by atoms with van der Waals surface area (Å²) in [5.41, 5.74) is 11.7. The maximum absolute atomic E-state index is 12.8. The molecule has 0 aromatic heterocycles. The Bertz CT molecular complexity index is 919. The molecule has 1 aromatic rings. The van der Waals surface area contributed by atoms with E-state index in [1.54, 1.807) is 26.0 Å². The number of aliphatic hydroxyl groups excluding tert-OH is 1. The van der Waals surface area contributed by atoms with Gasteiger partial charge in [0.05, 0.1) is 18.6 Å². The highest BCUT2D eigenvalue weighted by Gasteiger charge is 2.34. The van der Waals surface area contributed by atoms with Crippen LogP contribution < -0.4 is 27.4 Å². The summed E-state index contributed by atoms with van der Waals surface area (Å²) < 4.78 is 0. The standard InChI is InChI=1S/C22H33N5O8/c1-10(2)17(22(34)35)26-21(33)18(11(3)28)27-20(32)15(9-16(24)30)25-19(31)14(23)8-12-4-6-13(29)7-5-12/h4-7,10-11,14-15,17-18,28-29H,8-9,23H2,1-3H3,(H2,24,30)(H,25,31)(H,26,33)(H,27,32)(H,34,35). The summed E-state index contributed by atoms with van der Waals surface area (Å²) in [4.78, 5) is 60.8. The van der Waals surface area contributed by atoms with Gasteiger partial charge >= 0.3 is 5.97 Å². The van der Waals surface area contributed by atoms with Crippen LogP contribution in [0.1, 0.15) is 32.8 Å². The predicted molar refractivity (Wildman–Crippen MR) is 124 cm³/mol. The molecule has 5 atom stereocenters. The van der Waals surface area contributed by atoms with Gasteiger partial charge in [-0.1, -0.05) is 26.0 Å². The Labute approximate surface area is 202 Å². The fourth-order valence-corrected chi connectivity index (χ4v) is 3.08. The number of carbonyl (C=O) groups excluding carboxylic acids is 4. The molecule has 0 bridgehead atoms. The van der Waals surface area contributed by atoms with Crippen molar-refractivity contribution < 1.29 is 39.3 Å². The number of hydrogen-bond acceptors (Lipinski definition) is 8. The van der Waals surface area contributed by atoms with Crippen LogP contribution in [0.2, 0.25) is 0 Å². The number of nitrogens with two attached hydrogens (primary N) is 2. The molecule has 0 saturated heterocycles. The van der Waals surface area contributed by atoms with Crippen LogP contribution in [0.5, 0.6) is 5.75 Å². The third-order valence-corrected chi connectivity index (χ3v) is 5.06. The van der Waals surface area contributed by atoms with E-state index in [9.17, 15) is 39.3 Å². The minimum atomic E-state index is -1.58. The second-order valence-electron chi connectivity index (χ2n) is 8.50. The molecule has 4 amide bonds. The molecule has 35 heavy (non-hydrogen) atoms. The van der Waals surface area contributed by atoms with Gasteiger partial charge in [-0.25, -0.2) is 4.79 Å². The number of carboxylic acids is 1. The Hall–Kier alpha value is -3.71. The highest BCUT2D eigenvalue weighted by atomic mass is 16.4. The molecule has 13 heteroatoms. The van der Waals surface area contributed by atoms with E-state index >= 15 is 0 Å². The zero-order chi connectivity index (χ0) is 26.9. The van der Waals surface area contributed by atoms with E-state index < -0.39 is 72.2 Å². The van der Waals surface area contributed by atoms with Crippen molar-refractivity contribution in [2.24, 2.45) is 17.4 Å². The first-order valence-corrected chi connectivity index (χ1v) is 10.9. The summed E-state index contributed by atoms with van der Waals surface area (Å²) in [6, 6.07) is 0.451. The molecule has 10 N–H and O–H groups in total. The topological polar surface area (TPSA) is 234 Å². The number of phenolic OH excluding ortho intramolecular Hbond substituents is 1. The van der Waals surface area contributed by atoms with Crippen molar-refractivity contribution in [1.29, 1.82) is 0 Å². The lowest BCUT2D eigenvalue weighted by atomic mass is 10.0. The van der Waals surface area contributed by atoms with E-state index in [4.69, 9.17) is 11.5 Å². The average molecular weight is 496 g/mol. The van der Waals surface area contributed by atoms with Gasteiger partial charge in [0.15, 0.2) is 0 Å². The summed E-state index contributed by atoms with van der Waals surface area (Å²) >= 11 is 0. The van der Waals surface area contributed by atoms with E-state index in [-0.39, 0.29) is 12.2 Å². The monoisotopic (exact) mass is 495 g/mol. The Balaban J connectivity index is 2.94. The number of carboxylic acid groups (broad SMARTS) is 1. The maximum atomic E-state index is 12.8. The Kier molecular flexibility index (Phi) is 11.1. The van der Waals surface area contributed by atoms with Gasteiger partial charge in [-0.15, -0.1) is 0 Å². The molecule has 13 nitrogen and oxygen atoms in total. The molecule has 0 radical (unpaired) electrons. The van der Waals surface area contributed by atoms with Crippen LogP contribution >= 0.6 is 0 Å². The van der Waals surface area contributed by atoms with Crippen LogP contribution in [0.4, 0.5) is 0 Å². The third-order valence-electron chi connectivity index (χ3n) is 5.06. The number of primary amides is 1. The number of amides is 4. The first-order valence-electron chi connectivity index (χ1n) is 10.9. The Morgan fingerprint density at radius 3 is 1.89 bits per heavy atom. The number of benzene rings is 1. The van der Waals surface area contributed by atoms with Crippen LogP contribution in [0.15, 0.2) is 24.3 Å². The van der Waals surface area contributed by atoms with Gasteiger partial charge in [-0.3, -0.25) is 19.2 Å². The van der Waals surface area contributed by atoms with E-state index in [1.165, 1.54) is 19.1 Å². The van der Waals surface area contributed by atoms with Crippen molar-refractivity contribution in [3.05, 3.63) is 29.8 Å². The first-order chi connectivity index (χ1) is 16.2. The number of aliphatic hydroxyl groups is 1. The minimum absolute atomic E-state index is 0.0322. The second-order valence-corrected chi connectivity index (χ2v) is 8.50. The molecule has 0 fully saturated rings. The summed E-state index contributed by atoms with van der Waals surface area (Å²) in [6.07, 6.45) is -2.01. The van der Waals surface area contributed by atoms with Gasteiger partial charge < -0.3 is 42.7 Å². The average Bonchev–Trinajstić information content (AvgIpc) is 2.75. The smallest absolute Gasteiger partial charge is 0.326 e. The van der Waals surface area contributed by atoms with Gasteiger partial charge in [0.1, 0.15) is 23.9 Å². The molecule has 0 saturated carbocycles. The van der Waals surface area contributed by atoms with Gasteiger partial charge in [0.2, 0.25) is 23.6 Å².